The van der Waals surface area contributed by atoms with Gasteiger partial charge in [-0.05, 0) is 24.7 Å². The summed E-state index contributed by atoms with van der Waals surface area (Å²) in [6, 6.07) is 0. The smallest absolute Gasteiger partial charge is 0.0603 e. The number of aliphatic hydroxyl groups excluding tert-OH is 1. The highest BCUT2D eigenvalue weighted by molar-refractivity contribution is 4.97. The van der Waals surface area contributed by atoms with Crippen LogP contribution in [0.1, 0.15) is 32.1 Å². The zero-order valence-electron chi connectivity index (χ0n) is 5.71. The molecule has 0 saturated heterocycles. The van der Waals surface area contributed by atoms with E-state index in [0.717, 1.165) is 0 Å². The molecule has 2 saturated carbocycles. The van der Waals surface area contributed by atoms with Crippen LogP contribution in [0, 0.1) is 11.8 Å². The number of fused-ring (bicyclic) bond motifs is 1. The van der Waals surface area contributed by atoms with Gasteiger partial charge in [-0.25, -0.2) is 0 Å². The Morgan fingerprint density at radius 2 is 1.44 bits per heavy atom. The van der Waals surface area contributed by atoms with Crippen LogP contribution in [0.5, 0.6) is 0 Å². The van der Waals surface area contributed by atoms with E-state index >= 15 is 0 Å². The van der Waals surface area contributed by atoms with Gasteiger partial charge in [-0.15, -0.1) is 0 Å². The van der Waals surface area contributed by atoms with E-state index in [9.17, 15) is 5.11 Å². The first kappa shape index (κ1) is 5.72. The van der Waals surface area contributed by atoms with E-state index < -0.39 is 0 Å². The van der Waals surface area contributed by atoms with Gasteiger partial charge in [0.15, 0.2) is 0 Å². The van der Waals surface area contributed by atoms with Gasteiger partial charge in [0.2, 0.25) is 0 Å². The third-order valence-corrected chi connectivity index (χ3v) is 2.86. The molecule has 0 radical (unpaired) electrons. The topological polar surface area (TPSA) is 20.2 Å². The van der Waals surface area contributed by atoms with Crippen LogP contribution < -0.4 is 0 Å². The van der Waals surface area contributed by atoms with Crippen molar-refractivity contribution in [1.29, 1.82) is 0 Å². The molecule has 0 aromatic rings. The highest BCUT2D eigenvalue weighted by Crippen LogP contribution is 2.48. The highest BCUT2D eigenvalue weighted by Gasteiger charge is 2.48. The molecule has 0 aliphatic heterocycles. The van der Waals surface area contributed by atoms with E-state index in [1.165, 1.54) is 32.1 Å². The molecule has 1 heteroatoms. The first-order valence-electron chi connectivity index (χ1n) is 4.07. The van der Waals surface area contributed by atoms with Crippen LogP contribution >= 0.6 is 0 Å². The molecule has 0 amide bonds. The molecular formula is C8H14O. The number of hydrogen-bond donors (Lipinski definition) is 1. The maximum atomic E-state index is 9.25. The summed E-state index contributed by atoms with van der Waals surface area (Å²) in [5.74, 6) is 1.43. The summed E-state index contributed by atoms with van der Waals surface area (Å²) in [7, 11) is 0. The molecule has 2 fully saturated rings. The molecular weight excluding hydrogens is 112 g/mol. The van der Waals surface area contributed by atoms with E-state index in [-0.39, 0.29) is 6.10 Å². The van der Waals surface area contributed by atoms with Gasteiger partial charge >= 0.3 is 0 Å². The van der Waals surface area contributed by atoms with Crippen LogP contribution in [-0.4, -0.2) is 11.2 Å². The lowest BCUT2D eigenvalue weighted by Crippen LogP contribution is -1.87. The Morgan fingerprint density at radius 3 is 2.00 bits per heavy atom. The maximum Gasteiger partial charge on any atom is 0.0603 e. The van der Waals surface area contributed by atoms with E-state index in [1.807, 2.05) is 0 Å². The Bertz CT molecular complexity index is 99.1. The summed E-state index contributed by atoms with van der Waals surface area (Å²) in [6.45, 7) is 0. The number of aliphatic hydroxyl groups is 1. The Kier molecular flexibility index (Phi) is 1.26. The van der Waals surface area contributed by atoms with Crippen LogP contribution in [0.3, 0.4) is 0 Å². The molecule has 1 unspecified atom stereocenters. The summed E-state index contributed by atoms with van der Waals surface area (Å²) in [4.78, 5) is 0. The van der Waals surface area contributed by atoms with Gasteiger partial charge in [0.05, 0.1) is 6.10 Å². The Hall–Kier alpha value is -0.0400. The van der Waals surface area contributed by atoms with E-state index in [0.29, 0.717) is 11.8 Å². The fourth-order valence-electron chi connectivity index (χ4n) is 2.13. The molecule has 2 aliphatic carbocycles. The SMILES string of the molecule is OC1[C@H]2CCCCC[C@@H]12. The van der Waals surface area contributed by atoms with Crippen molar-refractivity contribution in [2.24, 2.45) is 11.8 Å². The van der Waals surface area contributed by atoms with Gasteiger partial charge in [-0.2, -0.15) is 0 Å². The molecule has 3 atom stereocenters. The molecule has 0 aromatic heterocycles. The van der Waals surface area contributed by atoms with Crippen molar-refractivity contribution in [1.82, 2.24) is 0 Å². The molecule has 0 heterocycles. The average Bonchev–Trinajstić information content (AvgIpc) is 2.51. The van der Waals surface area contributed by atoms with Crippen molar-refractivity contribution in [3.8, 4) is 0 Å². The summed E-state index contributed by atoms with van der Waals surface area (Å²) in [5, 5.41) is 9.25. The van der Waals surface area contributed by atoms with Crippen molar-refractivity contribution < 1.29 is 5.11 Å². The summed E-state index contributed by atoms with van der Waals surface area (Å²) >= 11 is 0. The second kappa shape index (κ2) is 1.98. The minimum absolute atomic E-state index is 0.102. The summed E-state index contributed by atoms with van der Waals surface area (Å²) < 4.78 is 0. The van der Waals surface area contributed by atoms with Gasteiger partial charge in [-0.1, -0.05) is 19.3 Å². The quantitative estimate of drug-likeness (QED) is 0.522. The molecule has 0 spiro atoms. The summed E-state index contributed by atoms with van der Waals surface area (Å²) in [5.41, 5.74) is 0. The second-order valence-corrected chi connectivity index (χ2v) is 3.46. The first-order valence-corrected chi connectivity index (χ1v) is 4.07. The van der Waals surface area contributed by atoms with Crippen LogP contribution in [-0.2, 0) is 0 Å². The lowest BCUT2D eigenvalue weighted by atomic mass is 10.1. The van der Waals surface area contributed by atoms with Gasteiger partial charge in [0, 0.05) is 0 Å². The fraction of sp³-hybridized carbons (Fsp3) is 1.00. The lowest BCUT2D eigenvalue weighted by Gasteiger charge is -1.94. The van der Waals surface area contributed by atoms with Crippen molar-refractivity contribution in [2.75, 3.05) is 0 Å². The monoisotopic (exact) mass is 126 g/mol. The molecule has 1 nitrogen and oxygen atoms in total. The first-order chi connectivity index (χ1) is 4.39. The van der Waals surface area contributed by atoms with Crippen molar-refractivity contribution >= 4 is 0 Å². The minimum Gasteiger partial charge on any atom is -0.393 e. The Morgan fingerprint density at radius 1 is 0.889 bits per heavy atom. The summed E-state index contributed by atoms with van der Waals surface area (Å²) in [6.07, 6.45) is 6.82. The predicted octanol–water partition coefficient (Wildman–Crippen LogP) is 1.56. The highest BCUT2D eigenvalue weighted by atomic mass is 16.3. The third kappa shape index (κ3) is 0.877. The molecule has 2 aliphatic rings. The van der Waals surface area contributed by atoms with Crippen molar-refractivity contribution in [3.63, 3.8) is 0 Å². The molecule has 2 rings (SSSR count). The average molecular weight is 126 g/mol. The molecule has 9 heavy (non-hydrogen) atoms. The second-order valence-electron chi connectivity index (χ2n) is 3.46. The standard InChI is InChI=1S/C8H14O/c9-8-6-4-2-1-3-5-7(6)8/h6-9H,1-5H2/t6-,7+,8?. The normalized spacial score (nSPS) is 49.7. The lowest BCUT2D eigenvalue weighted by molar-refractivity contribution is 0.239. The Balaban J connectivity index is 1.93. The van der Waals surface area contributed by atoms with Crippen molar-refractivity contribution in [2.45, 2.75) is 38.2 Å². The molecule has 52 valence electrons. The zero-order valence-corrected chi connectivity index (χ0v) is 5.71. The molecule has 0 aromatic carbocycles. The predicted molar refractivity (Wildman–Crippen MR) is 36.1 cm³/mol. The number of hydrogen-bond acceptors (Lipinski definition) is 1. The van der Waals surface area contributed by atoms with Gasteiger partial charge in [-0.3, -0.25) is 0 Å². The Labute approximate surface area is 56.1 Å². The van der Waals surface area contributed by atoms with Crippen LogP contribution in [0.15, 0.2) is 0 Å². The van der Waals surface area contributed by atoms with Crippen LogP contribution in [0.25, 0.3) is 0 Å². The van der Waals surface area contributed by atoms with Gasteiger partial charge < -0.3 is 5.11 Å². The largest absolute Gasteiger partial charge is 0.393 e. The zero-order chi connectivity index (χ0) is 6.27. The molecule has 1 N–H and O–H groups in total. The van der Waals surface area contributed by atoms with Crippen molar-refractivity contribution in [3.05, 3.63) is 0 Å². The third-order valence-electron chi connectivity index (χ3n) is 2.86. The van der Waals surface area contributed by atoms with Crippen LogP contribution in [0.2, 0.25) is 0 Å². The fourth-order valence-corrected chi connectivity index (χ4v) is 2.13. The molecule has 0 bridgehead atoms. The van der Waals surface area contributed by atoms with E-state index in [4.69, 9.17) is 0 Å². The number of rotatable bonds is 0. The van der Waals surface area contributed by atoms with Gasteiger partial charge in [0.25, 0.3) is 0 Å². The van der Waals surface area contributed by atoms with Gasteiger partial charge in [0.1, 0.15) is 0 Å². The maximum absolute atomic E-state index is 9.25. The van der Waals surface area contributed by atoms with Crippen LogP contribution in [0.4, 0.5) is 0 Å². The van der Waals surface area contributed by atoms with E-state index in [2.05, 4.69) is 0 Å². The minimum atomic E-state index is 0.102. The van der Waals surface area contributed by atoms with E-state index in [1.54, 1.807) is 0 Å².